The van der Waals surface area contributed by atoms with E-state index < -0.39 is 0 Å². The van der Waals surface area contributed by atoms with Gasteiger partial charge in [0.1, 0.15) is 5.75 Å². The van der Waals surface area contributed by atoms with Gasteiger partial charge in [-0.2, -0.15) is 4.98 Å². The normalized spacial score (nSPS) is 20.2. The number of carbonyl (C=O) groups excluding carboxylic acids is 1. The van der Waals surface area contributed by atoms with Crippen LogP contribution in [0.15, 0.2) is 36.5 Å². The van der Waals surface area contributed by atoms with Crippen LogP contribution in [0.4, 0.5) is 4.79 Å². The van der Waals surface area contributed by atoms with Crippen molar-refractivity contribution in [1.29, 1.82) is 0 Å². The van der Waals surface area contributed by atoms with Crippen LogP contribution in [0.25, 0.3) is 10.3 Å². The van der Waals surface area contributed by atoms with Crippen LogP contribution in [0.5, 0.6) is 10.9 Å². The highest BCUT2D eigenvalue weighted by atomic mass is 35.5. The minimum atomic E-state index is -0.349. The quantitative estimate of drug-likeness (QED) is 0.671. The van der Waals surface area contributed by atoms with E-state index in [0.29, 0.717) is 22.4 Å². The molecule has 3 heterocycles. The number of rotatable bonds is 4. The summed E-state index contributed by atoms with van der Waals surface area (Å²) in [6.45, 7) is 6.40. The van der Waals surface area contributed by atoms with E-state index in [1.54, 1.807) is 11.1 Å². The number of piperazine rings is 1. The molecule has 4 rings (SSSR count). The number of aromatic nitrogens is 2. The van der Waals surface area contributed by atoms with Crippen molar-refractivity contribution in [3.63, 3.8) is 0 Å². The number of amides is 2. The van der Waals surface area contributed by atoms with Crippen LogP contribution in [0, 0.1) is 0 Å². The average molecular weight is 432 g/mol. The molecule has 0 radical (unpaired) electrons. The zero-order chi connectivity index (χ0) is 20.5. The van der Waals surface area contributed by atoms with Crippen molar-refractivity contribution >= 4 is 39.3 Å². The van der Waals surface area contributed by atoms with Crippen molar-refractivity contribution in [1.82, 2.24) is 19.8 Å². The summed E-state index contributed by atoms with van der Waals surface area (Å²) in [7, 11) is 0. The molecule has 0 unspecified atom stereocenters. The number of hydrogen-bond acceptors (Lipinski definition) is 6. The SMILES string of the molecule is C[C@H]1CN(C(N)=O)[C@@H](C)CN1Cc1ccc(Oc2nc3ncc(Cl)cc3s2)cc1. The lowest BCUT2D eigenvalue weighted by molar-refractivity contribution is 0.0612. The third kappa shape index (κ3) is 4.44. The van der Waals surface area contributed by atoms with Crippen LogP contribution in [0.3, 0.4) is 0 Å². The Morgan fingerprint density at radius 1 is 1.28 bits per heavy atom. The maximum absolute atomic E-state index is 11.5. The van der Waals surface area contributed by atoms with Crippen LogP contribution < -0.4 is 10.5 Å². The molecule has 1 aromatic carbocycles. The molecular formula is C20H22ClN5O2S. The highest BCUT2D eigenvalue weighted by molar-refractivity contribution is 7.20. The minimum Gasteiger partial charge on any atom is -0.431 e. The topological polar surface area (TPSA) is 84.6 Å². The number of pyridine rings is 1. The fourth-order valence-corrected chi connectivity index (χ4v) is 4.60. The molecule has 1 aliphatic rings. The number of fused-ring (bicyclic) bond motifs is 1. The summed E-state index contributed by atoms with van der Waals surface area (Å²) in [5.74, 6) is 0.721. The van der Waals surface area contributed by atoms with E-state index in [2.05, 4.69) is 33.9 Å². The van der Waals surface area contributed by atoms with Gasteiger partial charge in [-0.05, 0) is 37.6 Å². The molecule has 152 valence electrons. The van der Waals surface area contributed by atoms with E-state index in [1.165, 1.54) is 16.9 Å². The van der Waals surface area contributed by atoms with Crippen LogP contribution >= 0.6 is 22.9 Å². The molecule has 1 fully saturated rings. The lowest BCUT2D eigenvalue weighted by atomic mass is 10.1. The van der Waals surface area contributed by atoms with Gasteiger partial charge in [0.15, 0.2) is 5.65 Å². The van der Waals surface area contributed by atoms with Crippen LogP contribution in [-0.2, 0) is 6.54 Å². The fourth-order valence-electron chi connectivity index (χ4n) is 3.54. The van der Waals surface area contributed by atoms with Crippen molar-refractivity contribution in [2.45, 2.75) is 32.5 Å². The molecule has 0 saturated carbocycles. The largest absolute Gasteiger partial charge is 0.431 e. The first-order chi connectivity index (χ1) is 13.9. The number of primary amides is 1. The maximum atomic E-state index is 11.5. The van der Waals surface area contributed by atoms with E-state index in [-0.39, 0.29) is 18.1 Å². The van der Waals surface area contributed by atoms with E-state index >= 15 is 0 Å². The van der Waals surface area contributed by atoms with Gasteiger partial charge in [0.25, 0.3) is 5.19 Å². The number of urea groups is 1. The fraction of sp³-hybridized carbons (Fsp3) is 0.350. The van der Waals surface area contributed by atoms with Crippen molar-refractivity contribution in [3.8, 4) is 10.9 Å². The van der Waals surface area contributed by atoms with E-state index in [4.69, 9.17) is 22.1 Å². The molecule has 0 spiro atoms. The molecule has 0 bridgehead atoms. The predicted molar refractivity (Wildman–Crippen MR) is 115 cm³/mol. The molecule has 0 aliphatic carbocycles. The summed E-state index contributed by atoms with van der Waals surface area (Å²) < 4.78 is 6.77. The van der Waals surface area contributed by atoms with Crippen molar-refractivity contribution in [2.75, 3.05) is 13.1 Å². The number of nitrogens with two attached hydrogens (primary N) is 1. The molecule has 3 aromatic rings. The number of thiazole rings is 1. The van der Waals surface area contributed by atoms with Gasteiger partial charge in [-0.1, -0.05) is 35.1 Å². The van der Waals surface area contributed by atoms with E-state index in [9.17, 15) is 4.79 Å². The Kier molecular flexibility index (Phi) is 5.58. The Labute approximate surface area is 178 Å². The molecule has 2 aromatic heterocycles. The second kappa shape index (κ2) is 8.14. The lowest BCUT2D eigenvalue weighted by Gasteiger charge is -2.43. The zero-order valence-corrected chi connectivity index (χ0v) is 17.8. The molecule has 29 heavy (non-hydrogen) atoms. The van der Waals surface area contributed by atoms with Gasteiger partial charge in [0.05, 0.1) is 9.72 Å². The molecule has 2 atom stereocenters. The second-order valence-electron chi connectivity index (χ2n) is 7.32. The van der Waals surface area contributed by atoms with Crippen LogP contribution in [-0.4, -0.2) is 51.0 Å². The van der Waals surface area contributed by atoms with Gasteiger partial charge in [-0.25, -0.2) is 9.78 Å². The smallest absolute Gasteiger partial charge is 0.315 e. The average Bonchev–Trinajstić information content (AvgIpc) is 3.07. The number of carbonyl (C=O) groups is 1. The first-order valence-corrected chi connectivity index (χ1v) is 10.6. The number of hydrogen-bond donors (Lipinski definition) is 1. The van der Waals surface area contributed by atoms with Gasteiger partial charge in [-0.15, -0.1) is 0 Å². The van der Waals surface area contributed by atoms with Crippen molar-refractivity contribution in [2.24, 2.45) is 5.73 Å². The number of ether oxygens (including phenoxy) is 1. The summed E-state index contributed by atoms with van der Waals surface area (Å²) in [5.41, 5.74) is 7.28. The molecule has 1 saturated heterocycles. The lowest BCUT2D eigenvalue weighted by Crippen LogP contribution is -2.58. The number of benzene rings is 1. The van der Waals surface area contributed by atoms with Gasteiger partial charge >= 0.3 is 6.03 Å². The van der Waals surface area contributed by atoms with Crippen LogP contribution in [0.1, 0.15) is 19.4 Å². The third-order valence-electron chi connectivity index (χ3n) is 5.11. The summed E-state index contributed by atoms with van der Waals surface area (Å²) in [4.78, 5) is 24.2. The number of nitrogens with zero attached hydrogens (tertiary/aromatic N) is 4. The first-order valence-electron chi connectivity index (χ1n) is 9.38. The van der Waals surface area contributed by atoms with Crippen LogP contribution in [0.2, 0.25) is 5.02 Å². The Bertz CT molecular complexity index is 1030. The van der Waals surface area contributed by atoms with E-state index in [1.807, 2.05) is 25.1 Å². The van der Waals surface area contributed by atoms with E-state index in [0.717, 1.165) is 23.5 Å². The highest BCUT2D eigenvalue weighted by Crippen LogP contribution is 2.31. The Balaban J connectivity index is 1.40. The molecule has 1 aliphatic heterocycles. The third-order valence-corrected chi connectivity index (χ3v) is 6.18. The standard InChI is InChI=1S/C20H22ClN5O2S/c1-12-10-26(19(22)27)13(2)9-25(12)11-14-3-5-16(6-4-14)28-20-24-18-17(29-20)7-15(21)8-23-18/h3-8,12-13H,9-11H2,1-2H3,(H2,22,27)/t12-,13-/m0/s1. The number of halogens is 1. The molecule has 2 amide bonds. The predicted octanol–water partition coefficient (Wildman–Crippen LogP) is 4.11. The monoisotopic (exact) mass is 431 g/mol. The van der Waals surface area contributed by atoms with Gasteiger partial charge in [-0.3, -0.25) is 4.90 Å². The Morgan fingerprint density at radius 2 is 2.03 bits per heavy atom. The molecule has 9 heteroatoms. The summed E-state index contributed by atoms with van der Waals surface area (Å²) in [6, 6.07) is 9.82. The summed E-state index contributed by atoms with van der Waals surface area (Å²) in [5, 5.41) is 1.12. The molecule has 2 N–H and O–H groups in total. The summed E-state index contributed by atoms with van der Waals surface area (Å²) in [6.07, 6.45) is 1.58. The van der Waals surface area contributed by atoms with Crippen molar-refractivity contribution in [3.05, 3.63) is 47.1 Å². The zero-order valence-electron chi connectivity index (χ0n) is 16.2. The van der Waals surface area contributed by atoms with Crippen molar-refractivity contribution < 1.29 is 9.53 Å². The minimum absolute atomic E-state index is 0.104. The van der Waals surface area contributed by atoms with Gasteiger partial charge in [0.2, 0.25) is 0 Å². The molecule has 7 nitrogen and oxygen atoms in total. The maximum Gasteiger partial charge on any atom is 0.315 e. The van der Waals surface area contributed by atoms with Gasteiger partial charge in [0, 0.05) is 37.9 Å². The highest BCUT2D eigenvalue weighted by Gasteiger charge is 2.30. The summed E-state index contributed by atoms with van der Waals surface area (Å²) >= 11 is 7.39. The second-order valence-corrected chi connectivity index (χ2v) is 8.75. The Hall–Kier alpha value is -2.42. The molecular weight excluding hydrogens is 410 g/mol. The van der Waals surface area contributed by atoms with Gasteiger partial charge < -0.3 is 15.4 Å². The Morgan fingerprint density at radius 3 is 2.76 bits per heavy atom. The first kappa shape index (κ1) is 19.9.